The van der Waals surface area contributed by atoms with Gasteiger partial charge in [0.15, 0.2) is 0 Å². The Morgan fingerprint density at radius 2 is 2.29 bits per heavy atom. The van der Waals surface area contributed by atoms with Crippen LogP contribution < -0.4 is 5.32 Å². The summed E-state index contributed by atoms with van der Waals surface area (Å²) in [5.74, 6) is 0.124. The quantitative estimate of drug-likeness (QED) is 0.516. The van der Waals surface area contributed by atoms with Crippen molar-refractivity contribution < 1.29 is 9.90 Å². The van der Waals surface area contributed by atoms with E-state index in [-0.39, 0.29) is 12.5 Å². The molecule has 3 nitrogen and oxygen atoms in total. The normalized spacial score (nSPS) is 20.8. The van der Waals surface area contributed by atoms with Crippen molar-refractivity contribution in [2.45, 2.75) is 44.6 Å². The maximum atomic E-state index is 11.4. The Kier molecular flexibility index (Phi) is 5.30. The molecule has 1 atom stereocenters. The molecular formula is C11H19NO2. The van der Waals surface area contributed by atoms with Gasteiger partial charge in [-0.3, -0.25) is 4.79 Å². The van der Waals surface area contributed by atoms with Gasteiger partial charge in [0.05, 0.1) is 0 Å². The summed E-state index contributed by atoms with van der Waals surface area (Å²) in [4.78, 5) is 11.4. The minimum Gasteiger partial charge on any atom is -0.396 e. The van der Waals surface area contributed by atoms with E-state index in [1.165, 1.54) is 0 Å². The molecule has 2 N–H and O–H groups in total. The fourth-order valence-corrected chi connectivity index (χ4v) is 1.62. The Labute approximate surface area is 85.2 Å². The monoisotopic (exact) mass is 197 g/mol. The number of rotatable bonds is 5. The number of nitrogens with one attached hydrogen (secondary N) is 1. The molecule has 0 aromatic rings. The van der Waals surface area contributed by atoms with Gasteiger partial charge in [0, 0.05) is 19.1 Å². The fraction of sp³-hybridized carbons (Fsp3) is 0.727. The lowest BCUT2D eigenvalue weighted by Gasteiger charge is -2.19. The van der Waals surface area contributed by atoms with Crippen molar-refractivity contribution in [1.82, 2.24) is 5.32 Å². The molecule has 1 aliphatic rings. The summed E-state index contributed by atoms with van der Waals surface area (Å²) >= 11 is 0. The lowest BCUT2D eigenvalue weighted by molar-refractivity contribution is -0.122. The molecule has 1 rings (SSSR count). The molecule has 1 aliphatic carbocycles. The number of unbranched alkanes of at least 4 members (excludes halogenated alkanes) is 1. The van der Waals surface area contributed by atoms with E-state index in [1.54, 1.807) is 0 Å². The maximum Gasteiger partial charge on any atom is 0.220 e. The van der Waals surface area contributed by atoms with Gasteiger partial charge >= 0.3 is 0 Å². The van der Waals surface area contributed by atoms with Gasteiger partial charge in [-0.25, -0.2) is 0 Å². The van der Waals surface area contributed by atoms with Crippen molar-refractivity contribution in [1.29, 1.82) is 0 Å². The highest BCUT2D eigenvalue weighted by Crippen LogP contribution is 2.10. The highest BCUT2D eigenvalue weighted by molar-refractivity contribution is 5.76. The van der Waals surface area contributed by atoms with E-state index >= 15 is 0 Å². The molecule has 0 aromatic heterocycles. The Morgan fingerprint density at radius 3 is 2.93 bits per heavy atom. The molecular weight excluding hydrogens is 178 g/mol. The molecule has 0 fully saturated rings. The van der Waals surface area contributed by atoms with Gasteiger partial charge in [-0.15, -0.1) is 0 Å². The zero-order valence-electron chi connectivity index (χ0n) is 8.54. The van der Waals surface area contributed by atoms with Crippen molar-refractivity contribution in [3.8, 4) is 0 Å². The summed E-state index contributed by atoms with van der Waals surface area (Å²) < 4.78 is 0. The van der Waals surface area contributed by atoms with Crippen LogP contribution in [0.1, 0.15) is 38.5 Å². The van der Waals surface area contributed by atoms with Gasteiger partial charge in [0.1, 0.15) is 0 Å². The molecule has 14 heavy (non-hydrogen) atoms. The van der Waals surface area contributed by atoms with E-state index in [2.05, 4.69) is 17.5 Å². The van der Waals surface area contributed by atoms with Crippen LogP contribution in [0.3, 0.4) is 0 Å². The van der Waals surface area contributed by atoms with Gasteiger partial charge in [-0.1, -0.05) is 12.2 Å². The van der Waals surface area contributed by atoms with E-state index in [1.807, 2.05) is 0 Å². The smallest absolute Gasteiger partial charge is 0.220 e. The molecule has 80 valence electrons. The topological polar surface area (TPSA) is 49.3 Å². The number of carbonyl (C=O) groups excluding carboxylic acids is 1. The van der Waals surface area contributed by atoms with Crippen LogP contribution in [0.2, 0.25) is 0 Å². The van der Waals surface area contributed by atoms with Crippen LogP contribution in [-0.2, 0) is 4.79 Å². The minimum absolute atomic E-state index is 0.124. The molecule has 0 saturated heterocycles. The second-order valence-electron chi connectivity index (χ2n) is 3.73. The Bertz CT molecular complexity index is 201. The zero-order chi connectivity index (χ0) is 10.2. The van der Waals surface area contributed by atoms with Crippen molar-refractivity contribution in [2.24, 2.45) is 0 Å². The molecule has 1 amide bonds. The first kappa shape index (κ1) is 11.2. The largest absolute Gasteiger partial charge is 0.396 e. The molecule has 0 spiro atoms. The number of amides is 1. The highest BCUT2D eigenvalue weighted by atomic mass is 16.2. The van der Waals surface area contributed by atoms with Crippen LogP contribution in [0.15, 0.2) is 12.2 Å². The lowest BCUT2D eigenvalue weighted by Crippen LogP contribution is -2.35. The number of aliphatic hydroxyl groups is 1. The van der Waals surface area contributed by atoms with E-state index in [0.717, 1.165) is 32.1 Å². The van der Waals surface area contributed by atoms with Gasteiger partial charge < -0.3 is 10.4 Å². The zero-order valence-corrected chi connectivity index (χ0v) is 8.54. The average molecular weight is 197 g/mol. The van der Waals surface area contributed by atoms with Gasteiger partial charge in [-0.2, -0.15) is 0 Å². The van der Waals surface area contributed by atoms with Crippen molar-refractivity contribution >= 4 is 5.91 Å². The van der Waals surface area contributed by atoms with Gasteiger partial charge in [0.2, 0.25) is 5.91 Å². The third kappa shape index (κ3) is 4.42. The van der Waals surface area contributed by atoms with Crippen molar-refractivity contribution in [3.05, 3.63) is 12.2 Å². The maximum absolute atomic E-state index is 11.4. The second kappa shape index (κ2) is 6.60. The summed E-state index contributed by atoms with van der Waals surface area (Å²) in [6.45, 7) is 0.180. The lowest BCUT2D eigenvalue weighted by atomic mass is 10.0. The summed E-state index contributed by atoms with van der Waals surface area (Å²) in [5, 5.41) is 11.6. The first-order valence-electron chi connectivity index (χ1n) is 5.38. The minimum atomic E-state index is 0.124. The molecule has 0 aliphatic heterocycles. The van der Waals surface area contributed by atoms with Crippen molar-refractivity contribution in [2.75, 3.05) is 6.61 Å². The van der Waals surface area contributed by atoms with Crippen LogP contribution in [0.25, 0.3) is 0 Å². The third-order valence-electron chi connectivity index (χ3n) is 2.45. The third-order valence-corrected chi connectivity index (χ3v) is 2.45. The van der Waals surface area contributed by atoms with E-state index in [9.17, 15) is 4.79 Å². The molecule has 3 heteroatoms. The number of hydrogen-bond donors (Lipinski definition) is 2. The Morgan fingerprint density at radius 1 is 1.43 bits per heavy atom. The van der Waals surface area contributed by atoms with Crippen LogP contribution in [-0.4, -0.2) is 23.7 Å². The van der Waals surface area contributed by atoms with Crippen LogP contribution in [0.4, 0.5) is 0 Å². The van der Waals surface area contributed by atoms with E-state index in [4.69, 9.17) is 5.11 Å². The van der Waals surface area contributed by atoms with E-state index < -0.39 is 0 Å². The number of allylic oxidation sites excluding steroid dienone is 1. The number of aliphatic hydroxyl groups excluding tert-OH is 1. The van der Waals surface area contributed by atoms with Crippen molar-refractivity contribution in [3.63, 3.8) is 0 Å². The molecule has 1 unspecified atom stereocenters. The summed E-state index contributed by atoms with van der Waals surface area (Å²) in [7, 11) is 0. The molecule has 0 saturated carbocycles. The fourth-order valence-electron chi connectivity index (χ4n) is 1.62. The standard InChI is InChI=1S/C11H19NO2/c13-9-5-4-8-11(14)12-10-6-2-1-3-7-10/h1-2,10,13H,3-9H2,(H,12,14). The summed E-state index contributed by atoms with van der Waals surface area (Å²) in [6, 6.07) is 0.335. The molecule has 0 heterocycles. The van der Waals surface area contributed by atoms with Crippen LogP contribution in [0, 0.1) is 0 Å². The summed E-state index contributed by atoms with van der Waals surface area (Å²) in [5.41, 5.74) is 0. The SMILES string of the molecule is O=C(CCCCO)NC1CC=CCC1. The van der Waals surface area contributed by atoms with Gasteiger partial charge in [0.25, 0.3) is 0 Å². The predicted octanol–water partition coefficient (Wildman–Crippen LogP) is 1.37. The Hall–Kier alpha value is -0.830. The molecule has 0 aromatic carbocycles. The summed E-state index contributed by atoms with van der Waals surface area (Å²) in [6.07, 6.45) is 9.43. The predicted molar refractivity (Wildman–Crippen MR) is 55.9 cm³/mol. The second-order valence-corrected chi connectivity index (χ2v) is 3.73. The average Bonchev–Trinajstić information content (AvgIpc) is 2.20. The number of carbonyl (C=O) groups is 1. The molecule has 0 radical (unpaired) electrons. The Balaban J connectivity index is 2.10. The van der Waals surface area contributed by atoms with Gasteiger partial charge in [-0.05, 0) is 32.1 Å². The van der Waals surface area contributed by atoms with Crippen LogP contribution >= 0.6 is 0 Å². The van der Waals surface area contributed by atoms with E-state index in [0.29, 0.717) is 12.5 Å². The first-order chi connectivity index (χ1) is 6.83. The first-order valence-corrected chi connectivity index (χ1v) is 5.38. The number of hydrogen-bond acceptors (Lipinski definition) is 2. The molecule has 0 bridgehead atoms. The van der Waals surface area contributed by atoms with Crippen LogP contribution in [0.5, 0.6) is 0 Å². The highest BCUT2D eigenvalue weighted by Gasteiger charge is 2.11.